The fourth-order valence-corrected chi connectivity index (χ4v) is 1.48. The van der Waals surface area contributed by atoms with E-state index in [1.807, 2.05) is 0 Å². The van der Waals surface area contributed by atoms with E-state index in [9.17, 15) is 14.4 Å². The number of aryl methyl sites for hydroxylation is 1. The van der Waals surface area contributed by atoms with E-state index in [2.05, 4.69) is 16.6 Å². The second kappa shape index (κ2) is 9.17. The Hall–Kier alpha value is -2.83. The van der Waals surface area contributed by atoms with Gasteiger partial charge >= 0.3 is 18.0 Å². The number of carbonyl (C=O) groups excluding carboxylic acids is 2. The number of carboxylic acids is 1. The standard InChI is InChI=1S/C15H17NO6/c1-2-14(19)21-10-9-16-15(20)22-12-6-3-11(4-7-12)5-8-13(17)18/h2-4,6-7H,1,5,8-10H2,(H,16,20)(H,17,18). The highest BCUT2D eigenvalue weighted by molar-refractivity contribution is 5.81. The Morgan fingerprint density at radius 1 is 1.23 bits per heavy atom. The summed E-state index contributed by atoms with van der Waals surface area (Å²) in [5.74, 6) is -1.09. The molecule has 0 aliphatic carbocycles. The summed E-state index contributed by atoms with van der Waals surface area (Å²) in [5, 5.41) is 11.0. The molecule has 0 aliphatic rings. The number of hydrogen-bond acceptors (Lipinski definition) is 5. The Bertz CT molecular complexity index is 537. The van der Waals surface area contributed by atoms with Gasteiger partial charge in [-0.3, -0.25) is 4.79 Å². The number of hydrogen-bond donors (Lipinski definition) is 2. The van der Waals surface area contributed by atoms with Gasteiger partial charge in [0.2, 0.25) is 0 Å². The summed E-state index contributed by atoms with van der Waals surface area (Å²) in [7, 11) is 0. The molecule has 0 aliphatic heterocycles. The molecule has 0 atom stereocenters. The minimum atomic E-state index is -0.864. The smallest absolute Gasteiger partial charge is 0.412 e. The van der Waals surface area contributed by atoms with Crippen LogP contribution in [0.25, 0.3) is 0 Å². The minimum Gasteiger partial charge on any atom is -0.481 e. The van der Waals surface area contributed by atoms with Crippen LogP contribution in [0.3, 0.4) is 0 Å². The SMILES string of the molecule is C=CC(=O)OCCNC(=O)Oc1ccc(CCC(=O)O)cc1. The molecule has 0 heterocycles. The fraction of sp³-hybridized carbons (Fsp3) is 0.267. The van der Waals surface area contributed by atoms with E-state index in [-0.39, 0.29) is 19.6 Å². The number of benzene rings is 1. The molecule has 0 fully saturated rings. The van der Waals surface area contributed by atoms with Crippen LogP contribution in [0.4, 0.5) is 4.79 Å². The molecule has 0 unspecified atom stereocenters. The maximum Gasteiger partial charge on any atom is 0.412 e. The second-order valence-electron chi connectivity index (χ2n) is 4.23. The number of aliphatic carboxylic acids is 1. The quantitative estimate of drug-likeness (QED) is 0.429. The third-order valence-corrected chi connectivity index (χ3v) is 2.54. The number of nitrogens with one attached hydrogen (secondary N) is 1. The van der Waals surface area contributed by atoms with E-state index in [0.717, 1.165) is 11.6 Å². The second-order valence-corrected chi connectivity index (χ2v) is 4.23. The van der Waals surface area contributed by atoms with Crippen LogP contribution >= 0.6 is 0 Å². The van der Waals surface area contributed by atoms with Crippen LogP contribution in [0, 0.1) is 0 Å². The summed E-state index contributed by atoms with van der Waals surface area (Å²) in [4.78, 5) is 32.7. The van der Waals surface area contributed by atoms with Crippen molar-refractivity contribution in [3.05, 3.63) is 42.5 Å². The van der Waals surface area contributed by atoms with E-state index in [4.69, 9.17) is 9.84 Å². The molecule has 0 saturated carbocycles. The zero-order valence-corrected chi connectivity index (χ0v) is 11.9. The van der Waals surface area contributed by atoms with Gasteiger partial charge in [0.15, 0.2) is 0 Å². The number of rotatable bonds is 8. The van der Waals surface area contributed by atoms with Gasteiger partial charge in [0.1, 0.15) is 12.4 Å². The number of ether oxygens (including phenoxy) is 2. The van der Waals surface area contributed by atoms with Gasteiger partial charge in [-0.1, -0.05) is 18.7 Å². The molecule has 22 heavy (non-hydrogen) atoms. The van der Waals surface area contributed by atoms with Crippen molar-refractivity contribution in [2.75, 3.05) is 13.2 Å². The number of carbonyl (C=O) groups is 3. The first-order valence-electron chi connectivity index (χ1n) is 6.57. The molecule has 0 radical (unpaired) electrons. The molecule has 2 N–H and O–H groups in total. The number of carboxylic acid groups (broad SMARTS) is 1. The van der Waals surface area contributed by atoms with E-state index in [1.54, 1.807) is 24.3 Å². The molecule has 1 rings (SSSR count). The van der Waals surface area contributed by atoms with Crippen LogP contribution in [0.5, 0.6) is 5.75 Å². The van der Waals surface area contributed by atoms with Gasteiger partial charge in [-0.05, 0) is 24.1 Å². The highest BCUT2D eigenvalue weighted by Crippen LogP contribution is 2.13. The number of amides is 1. The normalized spacial score (nSPS) is 9.64. The lowest BCUT2D eigenvalue weighted by Crippen LogP contribution is -2.30. The zero-order valence-electron chi connectivity index (χ0n) is 11.9. The fourth-order valence-electron chi connectivity index (χ4n) is 1.48. The van der Waals surface area contributed by atoms with Gasteiger partial charge in [-0.25, -0.2) is 9.59 Å². The Labute approximate surface area is 127 Å². The molecular weight excluding hydrogens is 290 g/mol. The van der Waals surface area contributed by atoms with Gasteiger partial charge in [0.25, 0.3) is 0 Å². The van der Waals surface area contributed by atoms with Crippen molar-refractivity contribution in [3.8, 4) is 5.75 Å². The Morgan fingerprint density at radius 2 is 1.91 bits per heavy atom. The monoisotopic (exact) mass is 307 g/mol. The Balaban J connectivity index is 2.30. The molecule has 1 amide bonds. The predicted octanol–water partition coefficient (Wildman–Crippen LogP) is 1.52. The summed E-state index contributed by atoms with van der Waals surface area (Å²) >= 11 is 0. The van der Waals surface area contributed by atoms with E-state index in [0.29, 0.717) is 12.2 Å². The van der Waals surface area contributed by atoms with Gasteiger partial charge in [0.05, 0.1) is 6.54 Å². The molecule has 0 saturated heterocycles. The van der Waals surface area contributed by atoms with E-state index >= 15 is 0 Å². The Morgan fingerprint density at radius 3 is 2.50 bits per heavy atom. The molecule has 118 valence electrons. The van der Waals surface area contributed by atoms with E-state index < -0.39 is 18.0 Å². The van der Waals surface area contributed by atoms with Gasteiger partial charge in [-0.15, -0.1) is 0 Å². The summed E-state index contributed by atoms with van der Waals surface area (Å²) in [6.45, 7) is 3.38. The molecule has 1 aromatic rings. The average Bonchev–Trinajstić information content (AvgIpc) is 2.50. The zero-order chi connectivity index (χ0) is 16.4. The third-order valence-electron chi connectivity index (χ3n) is 2.54. The van der Waals surface area contributed by atoms with Crippen molar-refractivity contribution in [2.45, 2.75) is 12.8 Å². The van der Waals surface area contributed by atoms with Crippen LogP contribution in [0.2, 0.25) is 0 Å². The predicted molar refractivity (Wildman–Crippen MR) is 77.6 cm³/mol. The van der Waals surface area contributed by atoms with Gasteiger partial charge in [-0.2, -0.15) is 0 Å². The van der Waals surface area contributed by atoms with Crippen molar-refractivity contribution < 1.29 is 29.0 Å². The first-order valence-corrected chi connectivity index (χ1v) is 6.57. The molecule has 0 aromatic heterocycles. The van der Waals surface area contributed by atoms with Crippen molar-refractivity contribution in [1.29, 1.82) is 0 Å². The van der Waals surface area contributed by atoms with Crippen LogP contribution in [0.1, 0.15) is 12.0 Å². The van der Waals surface area contributed by atoms with Crippen molar-refractivity contribution in [1.82, 2.24) is 5.32 Å². The summed E-state index contributed by atoms with van der Waals surface area (Å²) < 4.78 is 9.68. The highest BCUT2D eigenvalue weighted by atomic mass is 16.6. The third kappa shape index (κ3) is 7.09. The maximum atomic E-state index is 11.5. The maximum absolute atomic E-state index is 11.5. The lowest BCUT2D eigenvalue weighted by molar-refractivity contribution is -0.138. The van der Waals surface area contributed by atoms with E-state index in [1.165, 1.54) is 0 Å². The van der Waals surface area contributed by atoms with Crippen LogP contribution in [-0.2, 0) is 20.7 Å². The summed E-state index contributed by atoms with van der Waals surface area (Å²) in [6.07, 6.45) is 0.818. The Kier molecular flexibility index (Phi) is 7.18. The molecule has 0 spiro atoms. The van der Waals surface area contributed by atoms with Gasteiger partial charge in [0, 0.05) is 12.5 Å². The lowest BCUT2D eigenvalue weighted by Gasteiger charge is -2.07. The van der Waals surface area contributed by atoms with Crippen LogP contribution in [0.15, 0.2) is 36.9 Å². The molecular formula is C15H17NO6. The molecule has 7 heteroatoms. The summed E-state index contributed by atoms with van der Waals surface area (Å²) in [5.41, 5.74) is 0.839. The number of esters is 1. The van der Waals surface area contributed by atoms with Crippen molar-refractivity contribution >= 4 is 18.0 Å². The lowest BCUT2D eigenvalue weighted by atomic mass is 10.1. The first-order chi connectivity index (χ1) is 10.5. The van der Waals surface area contributed by atoms with Crippen LogP contribution < -0.4 is 10.1 Å². The van der Waals surface area contributed by atoms with Crippen molar-refractivity contribution in [2.24, 2.45) is 0 Å². The largest absolute Gasteiger partial charge is 0.481 e. The topological polar surface area (TPSA) is 102 Å². The molecule has 1 aromatic carbocycles. The molecule has 0 bridgehead atoms. The average molecular weight is 307 g/mol. The minimum absolute atomic E-state index is 0.0219. The molecule has 7 nitrogen and oxygen atoms in total. The highest BCUT2D eigenvalue weighted by Gasteiger charge is 2.05. The summed E-state index contributed by atoms with van der Waals surface area (Å²) in [6, 6.07) is 6.54. The first kappa shape index (κ1) is 17.2. The van der Waals surface area contributed by atoms with Gasteiger partial charge < -0.3 is 19.9 Å². The van der Waals surface area contributed by atoms with Crippen LogP contribution in [-0.4, -0.2) is 36.3 Å². The van der Waals surface area contributed by atoms with Crippen molar-refractivity contribution in [3.63, 3.8) is 0 Å².